The van der Waals surface area contributed by atoms with E-state index in [4.69, 9.17) is 4.74 Å². The van der Waals surface area contributed by atoms with Crippen LogP contribution in [0.2, 0.25) is 0 Å². The van der Waals surface area contributed by atoms with Crippen molar-refractivity contribution in [2.24, 2.45) is 5.92 Å². The lowest BCUT2D eigenvalue weighted by molar-refractivity contribution is 0.252. The molecule has 1 saturated carbocycles. The Labute approximate surface area is 98.8 Å². The molecule has 0 aliphatic heterocycles. The molecule has 1 fully saturated rings. The van der Waals surface area contributed by atoms with Crippen molar-refractivity contribution in [3.8, 4) is 5.75 Å². The van der Waals surface area contributed by atoms with E-state index in [1.165, 1.54) is 31.2 Å². The Morgan fingerprint density at radius 2 is 2.12 bits per heavy atom. The summed E-state index contributed by atoms with van der Waals surface area (Å²) < 4.78 is 5.86. The second-order valence-electron chi connectivity index (χ2n) is 4.72. The summed E-state index contributed by atoms with van der Waals surface area (Å²) in [6.07, 6.45) is 8.68. The largest absolute Gasteiger partial charge is 0.493 e. The third kappa shape index (κ3) is 3.26. The third-order valence-corrected chi connectivity index (χ3v) is 3.30. The number of hydrogen-bond acceptors (Lipinski definition) is 1. The summed E-state index contributed by atoms with van der Waals surface area (Å²) in [4.78, 5) is 0. The molecule has 1 aliphatic carbocycles. The zero-order valence-corrected chi connectivity index (χ0v) is 10.1. The monoisotopic (exact) mass is 217 g/mol. The minimum absolute atomic E-state index is 0.793. The molecule has 0 aromatic heterocycles. The summed E-state index contributed by atoms with van der Waals surface area (Å²) >= 11 is 0. The fourth-order valence-electron chi connectivity index (χ4n) is 2.39. The summed E-state index contributed by atoms with van der Waals surface area (Å²) in [7, 11) is 0. The molecule has 0 bridgehead atoms. The summed E-state index contributed by atoms with van der Waals surface area (Å²) in [5.41, 5.74) is 1.34. The molecule has 0 saturated heterocycles. The van der Waals surface area contributed by atoms with Crippen molar-refractivity contribution in [2.75, 3.05) is 6.61 Å². The standard InChI is InChI=1S/C15H21O/c1-2-6-13-9-5-10-15(11-13)16-12-14-7-3-4-8-14/h2,5,9-11,14H,3-4,6-8,12H2,1H3. The Hall–Kier alpha value is -0.980. The van der Waals surface area contributed by atoms with Gasteiger partial charge in [-0.15, -0.1) is 0 Å². The zero-order chi connectivity index (χ0) is 11.2. The van der Waals surface area contributed by atoms with E-state index in [2.05, 4.69) is 37.6 Å². The van der Waals surface area contributed by atoms with Gasteiger partial charge in [0.2, 0.25) is 0 Å². The Bertz CT molecular complexity index is 313. The van der Waals surface area contributed by atoms with Crippen LogP contribution < -0.4 is 4.74 Å². The first-order valence-electron chi connectivity index (χ1n) is 6.38. The molecular weight excluding hydrogens is 196 g/mol. The average molecular weight is 217 g/mol. The van der Waals surface area contributed by atoms with Gasteiger partial charge in [0.15, 0.2) is 0 Å². The third-order valence-electron chi connectivity index (χ3n) is 3.30. The van der Waals surface area contributed by atoms with Crippen LogP contribution in [0.25, 0.3) is 0 Å². The van der Waals surface area contributed by atoms with Crippen LogP contribution in [0.1, 0.15) is 38.2 Å². The molecule has 16 heavy (non-hydrogen) atoms. The fourth-order valence-corrected chi connectivity index (χ4v) is 2.39. The van der Waals surface area contributed by atoms with E-state index in [1.54, 1.807) is 0 Å². The van der Waals surface area contributed by atoms with Crippen molar-refractivity contribution in [1.29, 1.82) is 0 Å². The maximum atomic E-state index is 5.86. The summed E-state index contributed by atoms with van der Waals surface area (Å²) in [6, 6.07) is 8.47. The highest BCUT2D eigenvalue weighted by Crippen LogP contribution is 2.25. The highest BCUT2D eigenvalue weighted by molar-refractivity contribution is 5.29. The molecule has 2 rings (SSSR count). The summed E-state index contributed by atoms with van der Waals surface area (Å²) in [5.74, 6) is 1.83. The topological polar surface area (TPSA) is 9.23 Å². The van der Waals surface area contributed by atoms with Gasteiger partial charge in [-0.1, -0.05) is 31.9 Å². The van der Waals surface area contributed by atoms with Gasteiger partial charge in [-0.25, -0.2) is 0 Å². The normalized spacial score (nSPS) is 16.6. The van der Waals surface area contributed by atoms with E-state index < -0.39 is 0 Å². The van der Waals surface area contributed by atoms with Gasteiger partial charge >= 0.3 is 0 Å². The molecule has 1 aromatic rings. The summed E-state index contributed by atoms with van der Waals surface area (Å²) in [5, 5.41) is 0. The van der Waals surface area contributed by atoms with Crippen LogP contribution in [0, 0.1) is 12.3 Å². The molecule has 0 unspecified atom stereocenters. The minimum atomic E-state index is 0.793. The smallest absolute Gasteiger partial charge is 0.119 e. The highest BCUT2D eigenvalue weighted by atomic mass is 16.5. The van der Waals surface area contributed by atoms with Crippen LogP contribution in [0.4, 0.5) is 0 Å². The summed E-state index contributed by atoms with van der Waals surface area (Å²) in [6.45, 7) is 2.99. The van der Waals surface area contributed by atoms with E-state index in [1.807, 2.05) is 0 Å². The van der Waals surface area contributed by atoms with E-state index >= 15 is 0 Å². The first-order chi connectivity index (χ1) is 7.88. The SMILES string of the molecule is C[CH]Cc1cccc(OCC2CCCC2)c1. The van der Waals surface area contributed by atoms with E-state index in [9.17, 15) is 0 Å². The van der Waals surface area contributed by atoms with Crippen LogP contribution in [0.15, 0.2) is 24.3 Å². The van der Waals surface area contributed by atoms with Gasteiger partial charge in [0.25, 0.3) is 0 Å². The van der Waals surface area contributed by atoms with Crippen LogP contribution in [0.3, 0.4) is 0 Å². The Morgan fingerprint density at radius 1 is 1.31 bits per heavy atom. The molecule has 0 spiro atoms. The number of rotatable bonds is 5. The van der Waals surface area contributed by atoms with Crippen molar-refractivity contribution in [3.63, 3.8) is 0 Å². The second-order valence-corrected chi connectivity index (χ2v) is 4.72. The van der Waals surface area contributed by atoms with Gasteiger partial charge in [-0.05, 0) is 49.3 Å². The van der Waals surface area contributed by atoms with Crippen LogP contribution in [-0.2, 0) is 6.42 Å². The zero-order valence-electron chi connectivity index (χ0n) is 10.1. The molecule has 1 heteroatoms. The first kappa shape index (κ1) is 11.5. The lowest BCUT2D eigenvalue weighted by atomic mass is 10.1. The highest BCUT2D eigenvalue weighted by Gasteiger charge is 2.15. The fraction of sp³-hybridized carbons (Fsp3) is 0.533. The average Bonchev–Trinajstić information content (AvgIpc) is 2.80. The van der Waals surface area contributed by atoms with Crippen LogP contribution in [-0.4, -0.2) is 6.61 Å². The minimum Gasteiger partial charge on any atom is -0.493 e. The van der Waals surface area contributed by atoms with Gasteiger partial charge in [0, 0.05) is 0 Å². The quantitative estimate of drug-likeness (QED) is 0.723. The van der Waals surface area contributed by atoms with Crippen molar-refractivity contribution in [1.82, 2.24) is 0 Å². The maximum Gasteiger partial charge on any atom is 0.119 e. The maximum absolute atomic E-state index is 5.86. The van der Waals surface area contributed by atoms with Gasteiger partial charge in [-0.3, -0.25) is 0 Å². The molecular formula is C15H21O. The molecule has 0 amide bonds. The second kappa shape index (κ2) is 5.93. The van der Waals surface area contributed by atoms with Gasteiger partial charge in [0.05, 0.1) is 6.61 Å². The molecule has 1 aliphatic rings. The molecule has 1 nitrogen and oxygen atoms in total. The molecule has 0 atom stereocenters. The number of ether oxygens (including phenoxy) is 1. The lowest BCUT2D eigenvalue weighted by Crippen LogP contribution is -2.08. The van der Waals surface area contributed by atoms with Crippen molar-refractivity contribution < 1.29 is 4.74 Å². The van der Waals surface area contributed by atoms with Crippen molar-refractivity contribution >= 4 is 0 Å². The van der Waals surface area contributed by atoms with E-state index in [0.29, 0.717) is 0 Å². The van der Waals surface area contributed by atoms with Crippen LogP contribution >= 0.6 is 0 Å². The number of hydrogen-bond donors (Lipinski definition) is 0. The van der Waals surface area contributed by atoms with Crippen molar-refractivity contribution in [3.05, 3.63) is 36.2 Å². The van der Waals surface area contributed by atoms with Crippen LogP contribution in [0.5, 0.6) is 5.75 Å². The molecule has 1 radical (unpaired) electrons. The van der Waals surface area contributed by atoms with Gasteiger partial charge in [-0.2, -0.15) is 0 Å². The van der Waals surface area contributed by atoms with E-state index in [-0.39, 0.29) is 0 Å². The molecule has 87 valence electrons. The lowest BCUT2D eigenvalue weighted by Gasteiger charge is -2.12. The number of benzene rings is 1. The Morgan fingerprint density at radius 3 is 2.88 bits per heavy atom. The van der Waals surface area contributed by atoms with Crippen molar-refractivity contribution in [2.45, 2.75) is 39.0 Å². The molecule has 1 aromatic carbocycles. The predicted molar refractivity (Wildman–Crippen MR) is 67.6 cm³/mol. The predicted octanol–water partition coefficient (Wildman–Crippen LogP) is 4.02. The van der Waals surface area contributed by atoms with Gasteiger partial charge in [0.1, 0.15) is 5.75 Å². The van der Waals surface area contributed by atoms with E-state index in [0.717, 1.165) is 24.7 Å². The molecule has 0 heterocycles. The van der Waals surface area contributed by atoms with Gasteiger partial charge < -0.3 is 4.74 Å². The molecule has 0 N–H and O–H groups in total. The first-order valence-corrected chi connectivity index (χ1v) is 6.38. The Balaban J connectivity index is 1.85. The Kier molecular flexibility index (Phi) is 4.26.